The first-order chi connectivity index (χ1) is 12.3. The van der Waals surface area contributed by atoms with Crippen LogP contribution >= 0.6 is 0 Å². The Kier molecular flexibility index (Phi) is 7.10. The molecule has 138 valence electrons. The molecule has 0 radical (unpaired) electrons. The lowest BCUT2D eigenvalue weighted by Crippen LogP contribution is -2.33. The number of amides is 1. The van der Waals surface area contributed by atoms with Crippen LogP contribution < -0.4 is 10.2 Å². The number of nitrogens with zero attached hydrogens (tertiary/aromatic N) is 3. The van der Waals surface area contributed by atoms with E-state index in [1.807, 2.05) is 12.3 Å². The predicted molar refractivity (Wildman–Crippen MR) is 102 cm³/mol. The van der Waals surface area contributed by atoms with Crippen molar-refractivity contribution in [2.45, 2.75) is 51.4 Å². The first-order valence-corrected chi connectivity index (χ1v) is 10.0. The molecule has 0 unspecified atom stereocenters. The van der Waals surface area contributed by atoms with Crippen LogP contribution in [-0.4, -0.2) is 55.1 Å². The third-order valence-electron chi connectivity index (χ3n) is 5.30. The molecule has 25 heavy (non-hydrogen) atoms. The van der Waals surface area contributed by atoms with Crippen LogP contribution in [0, 0.1) is 0 Å². The highest BCUT2D eigenvalue weighted by Gasteiger charge is 2.14. The van der Waals surface area contributed by atoms with Gasteiger partial charge >= 0.3 is 0 Å². The van der Waals surface area contributed by atoms with Crippen molar-refractivity contribution in [3.8, 4) is 0 Å². The van der Waals surface area contributed by atoms with Crippen molar-refractivity contribution in [3.63, 3.8) is 0 Å². The van der Waals surface area contributed by atoms with Gasteiger partial charge in [0.05, 0.1) is 0 Å². The predicted octanol–water partition coefficient (Wildman–Crippen LogP) is 2.61. The van der Waals surface area contributed by atoms with E-state index in [9.17, 15) is 4.79 Å². The Morgan fingerprint density at radius 1 is 1.08 bits per heavy atom. The summed E-state index contributed by atoms with van der Waals surface area (Å²) in [6, 6.07) is 4.18. The molecule has 2 aliphatic rings. The van der Waals surface area contributed by atoms with E-state index in [-0.39, 0.29) is 5.91 Å². The number of pyridine rings is 1. The zero-order valence-corrected chi connectivity index (χ0v) is 15.4. The number of anilines is 1. The van der Waals surface area contributed by atoms with Crippen LogP contribution in [0.15, 0.2) is 18.3 Å². The molecule has 0 atom stereocenters. The SMILES string of the molecule is O=C(CCc1ccnc(N2CCCC2)c1)NCCCN1CCCCC1. The van der Waals surface area contributed by atoms with Gasteiger partial charge in [0.1, 0.15) is 5.82 Å². The van der Waals surface area contributed by atoms with Gasteiger partial charge in [-0.3, -0.25) is 4.79 Å². The van der Waals surface area contributed by atoms with Crippen molar-refractivity contribution in [1.82, 2.24) is 15.2 Å². The Labute approximate surface area is 151 Å². The van der Waals surface area contributed by atoms with Crippen LogP contribution in [0.2, 0.25) is 0 Å². The van der Waals surface area contributed by atoms with Crippen molar-refractivity contribution >= 4 is 11.7 Å². The van der Waals surface area contributed by atoms with Crippen molar-refractivity contribution in [2.75, 3.05) is 44.2 Å². The molecule has 3 rings (SSSR count). The van der Waals surface area contributed by atoms with Gasteiger partial charge in [-0.05, 0) is 75.9 Å². The van der Waals surface area contributed by atoms with Crippen LogP contribution in [0.25, 0.3) is 0 Å². The smallest absolute Gasteiger partial charge is 0.220 e. The lowest BCUT2D eigenvalue weighted by molar-refractivity contribution is -0.121. The minimum atomic E-state index is 0.165. The van der Waals surface area contributed by atoms with Crippen molar-refractivity contribution in [1.29, 1.82) is 0 Å². The summed E-state index contributed by atoms with van der Waals surface area (Å²) in [7, 11) is 0. The number of aryl methyl sites for hydroxylation is 1. The molecule has 2 saturated heterocycles. The Morgan fingerprint density at radius 3 is 2.64 bits per heavy atom. The maximum absolute atomic E-state index is 12.1. The normalized spacial score (nSPS) is 18.5. The molecule has 1 aromatic rings. The molecule has 1 aromatic heterocycles. The number of nitrogens with one attached hydrogen (secondary N) is 1. The van der Waals surface area contributed by atoms with Gasteiger partial charge < -0.3 is 15.1 Å². The molecule has 0 saturated carbocycles. The fourth-order valence-corrected chi connectivity index (χ4v) is 3.79. The molecule has 1 amide bonds. The molecule has 2 aliphatic heterocycles. The molecule has 5 nitrogen and oxygen atoms in total. The highest BCUT2D eigenvalue weighted by molar-refractivity contribution is 5.76. The second-order valence-corrected chi connectivity index (χ2v) is 7.32. The van der Waals surface area contributed by atoms with Gasteiger partial charge in [-0.1, -0.05) is 6.42 Å². The number of piperidine rings is 1. The molecule has 3 heterocycles. The van der Waals surface area contributed by atoms with Gasteiger partial charge in [0.25, 0.3) is 0 Å². The van der Waals surface area contributed by atoms with E-state index in [4.69, 9.17) is 0 Å². The Hall–Kier alpha value is -1.62. The summed E-state index contributed by atoms with van der Waals surface area (Å²) in [5.41, 5.74) is 1.21. The van der Waals surface area contributed by atoms with Crippen LogP contribution in [-0.2, 0) is 11.2 Å². The minimum absolute atomic E-state index is 0.165. The van der Waals surface area contributed by atoms with Crippen LogP contribution in [0.3, 0.4) is 0 Å². The van der Waals surface area contributed by atoms with Crippen molar-refractivity contribution in [2.24, 2.45) is 0 Å². The summed E-state index contributed by atoms with van der Waals surface area (Å²) in [4.78, 5) is 21.4. The zero-order chi connectivity index (χ0) is 17.3. The van der Waals surface area contributed by atoms with Crippen LogP contribution in [0.1, 0.15) is 50.5 Å². The zero-order valence-electron chi connectivity index (χ0n) is 15.4. The molecule has 0 aromatic carbocycles. The number of rotatable bonds is 8. The maximum Gasteiger partial charge on any atom is 0.220 e. The summed E-state index contributed by atoms with van der Waals surface area (Å²) in [5, 5.41) is 3.07. The van der Waals surface area contributed by atoms with Gasteiger partial charge in [-0.2, -0.15) is 0 Å². The summed E-state index contributed by atoms with van der Waals surface area (Å²) < 4.78 is 0. The van der Waals surface area contributed by atoms with E-state index in [0.29, 0.717) is 6.42 Å². The van der Waals surface area contributed by atoms with Crippen molar-refractivity contribution in [3.05, 3.63) is 23.9 Å². The van der Waals surface area contributed by atoms with Gasteiger partial charge in [0.2, 0.25) is 5.91 Å². The van der Waals surface area contributed by atoms with Crippen LogP contribution in [0.4, 0.5) is 5.82 Å². The first-order valence-electron chi connectivity index (χ1n) is 10.0. The number of likely N-dealkylation sites (tertiary alicyclic amines) is 1. The van der Waals surface area contributed by atoms with Crippen molar-refractivity contribution < 1.29 is 4.79 Å². The summed E-state index contributed by atoms with van der Waals surface area (Å²) in [6.07, 6.45) is 10.8. The largest absolute Gasteiger partial charge is 0.357 e. The molecular formula is C20H32N4O. The van der Waals surface area contributed by atoms with E-state index >= 15 is 0 Å². The minimum Gasteiger partial charge on any atom is -0.357 e. The third-order valence-corrected chi connectivity index (χ3v) is 5.30. The molecule has 0 spiro atoms. The lowest BCUT2D eigenvalue weighted by Gasteiger charge is -2.26. The third kappa shape index (κ3) is 5.99. The molecule has 0 aliphatic carbocycles. The molecule has 0 bridgehead atoms. The lowest BCUT2D eigenvalue weighted by atomic mass is 10.1. The Morgan fingerprint density at radius 2 is 1.84 bits per heavy atom. The number of hydrogen-bond donors (Lipinski definition) is 1. The fourth-order valence-electron chi connectivity index (χ4n) is 3.79. The van der Waals surface area contributed by atoms with Crippen LogP contribution in [0.5, 0.6) is 0 Å². The second kappa shape index (κ2) is 9.76. The standard InChI is InChI=1S/C20H32N4O/c25-20(22-10-6-14-23-12-2-1-3-13-23)8-7-18-9-11-21-19(17-18)24-15-4-5-16-24/h9,11,17H,1-8,10,12-16H2,(H,22,25). The Balaban J connectivity index is 1.32. The van der Waals surface area contributed by atoms with E-state index in [0.717, 1.165) is 44.8 Å². The van der Waals surface area contributed by atoms with E-state index < -0.39 is 0 Å². The van der Waals surface area contributed by atoms with Gasteiger partial charge in [-0.15, -0.1) is 0 Å². The number of hydrogen-bond acceptors (Lipinski definition) is 4. The first kappa shape index (κ1) is 18.2. The van der Waals surface area contributed by atoms with Gasteiger partial charge in [0.15, 0.2) is 0 Å². The molecule has 1 N–H and O–H groups in total. The monoisotopic (exact) mass is 344 g/mol. The summed E-state index contributed by atoms with van der Waals surface area (Å²) >= 11 is 0. The number of aromatic nitrogens is 1. The van der Waals surface area contributed by atoms with E-state index in [2.05, 4.69) is 26.2 Å². The topological polar surface area (TPSA) is 48.5 Å². The van der Waals surface area contributed by atoms with Gasteiger partial charge in [-0.25, -0.2) is 4.98 Å². The molecule has 2 fully saturated rings. The molecular weight excluding hydrogens is 312 g/mol. The highest BCUT2D eigenvalue weighted by atomic mass is 16.1. The summed E-state index contributed by atoms with van der Waals surface area (Å²) in [6.45, 7) is 6.58. The fraction of sp³-hybridized carbons (Fsp3) is 0.700. The van der Waals surface area contributed by atoms with E-state index in [1.165, 1.54) is 50.8 Å². The van der Waals surface area contributed by atoms with E-state index in [1.54, 1.807) is 0 Å². The summed E-state index contributed by atoms with van der Waals surface area (Å²) in [5.74, 6) is 1.23. The molecule has 5 heteroatoms. The number of carbonyl (C=O) groups excluding carboxylic acids is 1. The Bertz CT molecular complexity index is 536. The second-order valence-electron chi connectivity index (χ2n) is 7.32. The highest BCUT2D eigenvalue weighted by Crippen LogP contribution is 2.19. The number of carbonyl (C=O) groups is 1. The maximum atomic E-state index is 12.1. The average molecular weight is 345 g/mol. The van der Waals surface area contributed by atoms with Gasteiger partial charge in [0, 0.05) is 32.3 Å². The quantitative estimate of drug-likeness (QED) is 0.737. The average Bonchev–Trinajstić information content (AvgIpc) is 3.19.